The Hall–Kier alpha value is -4.68. The summed E-state index contributed by atoms with van der Waals surface area (Å²) in [7, 11) is 0. The summed E-state index contributed by atoms with van der Waals surface area (Å²) in [4.78, 5) is 0. The van der Waals surface area contributed by atoms with E-state index in [9.17, 15) is 0 Å². The quantitative estimate of drug-likeness (QED) is 0.213. The first kappa shape index (κ1) is 24.6. The number of rotatable bonds is 6. The molecular weight excluding hydrogens is 468 g/mol. The molecule has 0 amide bonds. The molecule has 0 aromatic heterocycles. The van der Waals surface area contributed by atoms with Gasteiger partial charge in [0.25, 0.3) is 0 Å². The molecule has 6 rings (SSSR count). The SMILES string of the molecule is CC(C)(c1cccc(-c2ccccc2)c1-c1ccccc1)c1cccc(-c2ccccc2)c1-c1ccccc1. The van der Waals surface area contributed by atoms with E-state index >= 15 is 0 Å². The second-order valence-electron chi connectivity index (χ2n) is 10.5. The van der Waals surface area contributed by atoms with Crippen molar-refractivity contribution >= 4 is 0 Å². The maximum absolute atomic E-state index is 2.38. The maximum atomic E-state index is 2.38. The second-order valence-corrected chi connectivity index (χ2v) is 10.5. The van der Waals surface area contributed by atoms with Crippen molar-refractivity contribution in [2.24, 2.45) is 0 Å². The van der Waals surface area contributed by atoms with Crippen LogP contribution in [0.1, 0.15) is 25.0 Å². The number of benzene rings is 6. The van der Waals surface area contributed by atoms with Gasteiger partial charge in [-0.3, -0.25) is 0 Å². The van der Waals surface area contributed by atoms with Crippen molar-refractivity contribution in [3.63, 3.8) is 0 Å². The molecule has 0 heterocycles. The Morgan fingerprint density at radius 1 is 0.308 bits per heavy atom. The molecule has 0 atom stereocenters. The summed E-state index contributed by atoms with van der Waals surface area (Å²) in [6, 6.07) is 56.8. The largest absolute Gasteiger partial charge is 0.0622 e. The van der Waals surface area contributed by atoms with Gasteiger partial charge in [-0.25, -0.2) is 0 Å². The van der Waals surface area contributed by atoms with Gasteiger partial charge in [0.05, 0.1) is 0 Å². The average Bonchev–Trinajstić information content (AvgIpc) is 3.02. The van der Waals surface area contributed by atoms with E-state index < -0.39 is 0 Å². The zero-order chi connectivity index (χ0) is 26.7. The van der Waals surface area contributed by atoms with Gasteiger partial charge in [-0.15, -0.1) is 0 Å². The molecule has 6 aromatic carbocycles. The van der Waals surface area contributed by atoms with Crippen LogP contribution >= 0.6 is 0 Å². The average molecular weight is 501 g/mol. The van der Waals surface area contributed by atoms with Gasteiger partial charge in [0, 0.05) is 5.41 Å². The van der Waals surface area contributed by atoms with E-state index in [1.807, 2.05) is 0 Å². The highest BCUT2D eigenvalue weighted by Gasteiger charge is 2.31. The Labute approximate surface area is 232 Å². The number of hydrogen-bond donors (Lipinski definition) is 0. The van der Waals surface area contributed by atoms with Crippen molar-refractivity contribution in [1.82, 2.24) is 0 Å². The summed E-state index contributed by atoms with van der Waals surface area (Å²) in [6.07, 6.45) is 0. The Balaban J connectivity index is 1.65. The normalized spacial score (nSPS) is 11.3. The lowest BCUT2D eigenvalue weighted by Gasteiger charge is -2.33. The Morgan fingerprint density at radius 3 is 0.949 bits per heavy atom. The molecule has 0 saturated heterocycles. The van der Waals surface area contributed by atoms with Crippen LogP contribution in [0.25, 0.3) is 44.5 Å². The smallest absolute Gasteiger partial charge is 0.0159 e. The number of hydrogen-bond acceptors (Lipinski definition) is 0. The van der Waals surface area contributed by atoms with Gasteiger partial charge in [-0.05, 0) is 55.6 Å². The van der Waals surface area contributed by atoms with Gasteiger partial charge < -0.3 is 0 Å². The van der Waals surface area contributed by atoms with Crippen molar-refractivity contribution in [2.45, 2.75) is 19.3 Å². The summed E-state index contributed by atoms with van der Waals surface area (Å²) in [5.41, 5.74) is 12.4. The predicted octanol–water partition coefficient (Wildman–Crippen LogP) is 10.7. The molecule has 0 heteroatoms. The molecule has 0 bridgehead atoms. The fraction of sp³-hybridized carbons (Fsp3) is 0.0769. The monoisotopic (exact) mass is 500 g/mol. The second kappa shape index (κ2) is 10.6. The van der Waals surface area contributed by atoms with Crippen LogP contribution in [-0.4, -0.2) is 0 Å². The van der Waals surface area contributed by atoms with Crippen LogP contribution in [0, 0.1) is 0 Å². The van der Waals surface area contributed by atoms with E-state index in [4.69, 9.17) is 0 Å². The molecule has 0 radical (unpaired) electrons. The van der Waals surface area contributed by atoms with E-state index in [0.717, 1.165) is 0 Å². The standard InChI is InChI=1S/C39H32/c1-39(2,35-27-15-25-33(29-17-7-3-8-18-29)37(35)31-21-11-5-12-22-31)36-28-16-26-34(30-19-9-4-10-20-30)38(36)32-23-13-6-14-24-32/h3-28H,1-2H3. The van der Waals surface area contributed by atoms with Crippen molar-refractivity contribution < 1.29 is 0 Å². The summed E-state index contributed by atoms with van der Waals surface area (Å²) >= 11 is 0. The van der Waals surface area contributed by atoms with Gasteiger partial charge in [0.2, 0.25) is 0 Å². The molecule has 0 aliphatic rings. The van der Waals surface area contributed by atoms with Crippen LogP contribution in [0.15, 0.2) is 158 Å². The third-order valence-corrected chi connectivity index (χ3v) is 7.77. The molecule has 0 aliphatic heterocycles. The molecule has 0 unspecified atom stereocenters. The first-order chi connectivity index (χ1) is 19.1. The van der Waals surface area contributed by atoms with Crippen LogP contribution < -0.4 is 0 Å². The van der Waals surface area contributed by atoms with E-state index in [-0.39, 0.29) is 5.41 Å². The maximum Gasteiger partial charge on any atom is 0.0159 e. The van der Waals surface area contributed by atoms with E-state index in [2.05, 4.69) is 172 Å². The van der Waals surface area contributed by atoms with Crippen molar-refractivity contribution in [1.29, 1.82) is 0 Å². The minimum Gasteiger partial charge on any atom is -0.0622 e. The molecule has 39 heavy (non-hydrogen) atoms. The Kier molecular flexibility index (Phi) is 6.69. The van der Waals surface area contributed by atoms with Crippen molar-refractivity contribution in [3.05, 3.63) is 169 Å². The first-order valence-electron chi connectivity index (χ1n) is 13.6. The topological polar surface area (TPSA) is 0 Å². The van der Waals surface area contributed by atoms with Crippen LogP contribution in [-0.2, 0) is 5.41 Å². The predicted molar refractivity (Wildman–Crippen MR) is 167 cm³/mol. The van der Waals surface area contributed by atoms with Crippen molar-refractivity contribution in [2.75, 3.05) is 0 Å². The molecule has 0 aliphatic carbocycles. The summed E-state index contributed by atoms with van der Waals surface area (Å²) in [5.74, 6) is 0. The van der Waals surface area contributed by atoms with E-state index in [1.165, 1.54) is 55.6 Å². The van der Waals surface area contributed by atoms with Crippen LogP contribution in [0.5, 0.6) is 0 Å². The molecule has 0 N–H and O–H groups in total. The highest BCUT2D eigenvalue weighted by Crippen LogP contribution is 2.47. The molecule has 188 valence electrons. The van der Waals surface area contributed by atoms with Gasteiger partial charge in [-0.2, -0.15) is 0 Å². The molecular formula is C39H32. The zero-order valence-electron chi connectivity index (χ0n) is 22.5. The van der Waals surface area contributed by atoms with Crippen LogP contribution in [0.4, 0.5) is 0 Å². The molecule has 6 aromatic rings. The van der Waals surface area contributed by atoms with Gasteiger partial charge in [0.1, 0.15) is 0 Å². The van der Waals surface area contributed by atoms with Gasteiger partial charge >= 0.3 is 0 Å². The highest BCUT2D eigenvalue weighted by atomic mass is 14.3. The summed E-state index contributed by atoms with van der Waals surface area (Å²) in [6.45, 7) is 4.75. The molecule has 0 spiro atoms. The van der Waals surface area contributed by atoms with Crippen LogP contribution in [0.3, 0.4) is 0 Å². The van der Waals surface area contributed by atoms with Gasteiger partial charge in [0.15, 0.2) is 0 Å². The van der Waals surface area contributed by atoms with E-state index in [0.29, 0.717) is 0 Å². The first-order valence-corrected chi connectivity index (χ1v) is 13.6. The lowest BCUT2D eigenvalue weighted by atomic mass is 9.70. The Bertz CT molecular complexity index is 1550. The molecule has 0 nitrogen and oxygen atoms in total. The third-order valence-electron chi connectivity index (χ3n) is 7.77. The Morgan fingerprint density at radius 2 is 0.615 bits per heavy atom. The lowest BCUT2D eigenvalue weighted by molar-refractivity contribution is 0.645. The zero-order valence-corrected chi connectivity index (χ0v) is 22.5. The third kappa shape index (κ3) is 4.71. The fourth-order valence-corrected chi connectivity index (χ4v) is 5.84. The highest BCUT2D eigenvalue weighted by molar-refractivity contribution is 5.90. The minimum atomic E-state index is -0.286. The summed E-state index contributed by atoms with van der Waals surface area (Å²) in [5, 5.41) is 0. The van der Waals surface area contributed by atoms with Crippen LogP contribution in [0.2, 0.25) is 0 Å². The fourth-order valence-electron chi connectivity index (χ4n) is 5.84. The molecule has 0 fully saturated rings. The summed E-state index contributed by atoms with van der Waals surface area (Å²) < 4.78 is 0. The van der Waals surface area contributed by atoms with Crippen molar-refractivity contribution in [3.8, 4) is 44.5 Å². The molecule has 0 saturated carbocycles. The van der Waals surface area contributed by atoms with E-state index in [1.54, 1.807) is 0 Å². The minimum absolute atomic E-state index is 0.286. The lowest BCUT2D eigenvalue weighted by Crippen LogP contribution is -2.22. The van der Waals surface area contributed by atoms with Gasteiger partial charge in [-0.1, -0.05) is 172 Å².